The minimum atomic E-state index is -0.270. The number of rotatable bonds is 2. The van der Waals surface area contributed by atoms with Gasteiger partial charge in [-0.25, -0.2) is 4.39 Å². The first kappa shape index (κ1) is 13.8. The summed E-state index contributed by atoms with van der Waals surface area (Å²) in [6.07, 6.45) is 7.73. The highest BCUT2D eigenvalue weighted by atomic mass is 32.1. The minimum absolute atomic E-state index is 0.270. The first-order valence-electron chi connectivity index (χ1n) is 7.53. The second kappa shape index (κ2) is 5.68. The summed E-state index contributed by atoms with van der Waals surface area (Å²) in [6.45, 7) is 1.03. The van der Waals surface area contributed by atoms with Crippen LogP contribution in [0, 0.1) is 11.7 Å². The van der Waals surface area contributed by atoms with E-state index in [0.29, 0.717) is 11.6 Å². The second-order valence-corrected chi connectivity index (χ2v) is 6.41. The smallest absolute Gasteiger partial charge is 0.124 e. The molecule has 0 amide bonds. The summed E-state index contributed by atoms with van der Waals surface area (Å²) in [5, 5.41) is 0. The fourth-order valence-electron chi connectivity index (χ4n) is 3.88. The van der Waals surface area contributed by atoms with Crippen LogP contribution >= 0.6 is 12.2 Å². The van der Waals surface area contributed by atoms with Crippen molar-refractivity contribution in [2.75, 3.05) is 11.4 Å². The number of nitrogens with two attached hydrogens (primary N) is 1. The molecule has 0 radical (unpaired) electrons. The number of nitrogens with zero attached hydrogens (tertiary/aromatic N) is 1. The second-order valence-electron chi connectivity index (χ2n) is 5.97. The van der Waals surface area contributed by atoms with E-state index >= 15 is 0 Å². The fraction of sp³-hybridized carbons (Fsp3) is 0.562. The zero-order valence-electron chi connectivity index (χ0n) is 11.6. The molecule has 1 aromatic carbocycles. The van der Waals surface area contributed by atoms with Crippen molar-refractivity contribution in [3.8, 4) is 0 Å². The van der Waals surface area contributed by atoms with Gasteiger partial charge in [0.1, 0.15) is 10.8 Å². The number of thiocarbonyl (C=S) groups is 1. The van der Waals surface area contributed by atoms with E-state index in [2.05, 4.69) is 4.90 Å². The van der Waals surface area contributed by atoms with Crippen LogP contribution < -0.4 is 10.6 Å². The van der Waals surface area contributed by atoms with E-state index in [1.54, 1.807) is 0 Å². The van der Waals surface area contributed by atoms with Crippen LogP contribution in [0.25, 0.3) is 0 Å². The van der Waals surface area contributed by atoms with Gasteiger partial charge in [0.15, 0.2) is 0 Å². The molecule has 20 heavy (non-hydrogen) atoms. The third kappa shape index (κ3) is 2.53. The van der Waals surface area contributed by atoms with Crippen molar-refractivity contribution in [1.29, 1.82) is 0 Å². The Bertz CT molecular complexity index is 515. The molecule has 3 rings (SSSR count). The van der Waals surface area contributed by atoms with Crippen molar-refractivity contribution >= 4 is 22.9 Å². The molecule has 1 saturated carbocycles. The van der Waals surface area contributed by atoms with E-state index in [1.165, 1.54) is 50.7 Å². The molecule has 2 nitrogen and oxygen atoms in total. The quantitative estimate of drug-likeness (QED) is 0.844. The van der Waals surface area contributed by atoms with Crippen molar-refractivity contribution in [3.63, 3.8) is 0 Å². The van der Waals surface area contributed by atoms with E-state index < -0.39 is 0 Å². The summed E-state index contributed by atoms with van der Waals surface area (Å²) in [5.41, 5.74) is 7.51. The topological polar surface area (TPSA) is 29.3 Å². The largest absolute Gasteiger partial charge is 0.389 e. The summed E-state index contributed by atoms with van der Waals surface area (Å²) in [5.74, 6) is 0.510. The predicted octanol–water partition coefficient (Wildman–Crippen LogP) is 3.62. The number of hydrogen-bond acceptors (Lipinski definition) is 2. The standard InChI is InChI=1S/C16H21FN2S/c17-12-7-8-15(13(10-12)16(18)20)19-9-3-5-11-4-1-2-6-14(11)19/h7-8,10-11,14H,1-6,9H2,(H2,18,20)/t11-,14-/m1/s1. The first-order chi connectivity index (χ1) is 9.66. The summed E-state index contributed by atoms with van der Waals surface area (Å²) in [6, 6.07) is 5.42. The maximum atomic E-state index is 13.5. The van der Waals surface area contributed by atoms with Crippen molar-refractivity contribution in [2.24, 2.45) is 11.7 Å². The molecule has 1 aromatic rings. The van der Waals surface area contributed by atoms with Crippen LogP contribution in [-0.2, 0) is 0 Å². The van der Waals surface area contributed by atoms with E-state index in [0.717, 1.165) is 18.2 Å². The van der Waals surface area contributed by atoms with Gasteiger partial charge in [-0.2, -0.15) is 0 Å². The average molecular weight is 292 g/mol. The van der Waals surface area contributed by atoms with Crippen LogP contribution in [0.3, 0.4) is 0 Å². The highest BCUT2D eigenvalue weighted by molar-refractivity contribution is 7.80. The molecular weight excluding hydrogens is 271 g/mol. The zero-order valence-corrected chi connectivity index (χ0v) is 12.5. The molecule has 2 aliphatic rings. The molecule has 0 spiro atoms. The van der Waals surface area contributed by atoms with Gasteiger partial charge in [-0.1, -0.05) is 25.1 Å². The van der Waals surface area contributed by atoms with E-state index in [4.69, 9.17) is 18.0 Å². The van der Waals surface area contributed by atoms with E-state index in [9.17, 15) is 4.39 Å². The molecule has 4 heteroatoms. The first-order valence-corrected chi connectivity index (χ1v) is 7.93. The van der Waals surface area contributed by atoms with Crippen LogP contribution in [0.5, 0.6) is 0 Å². The van der Waals surface area contributed by atoms with Gasteiger partial charge in [0.25, 0.3) is 0 Å². The van der Waals surface area contributed by atoms with Gasteiger partial charge in [-0.05, 0) is 49.8 Å². The lowest BCUT2D eigenvalue weighted by Gasteiger charge is -2.46. The summed E-state index contributed by atoms with van der Waals surface area (Å²) in [4.78, 5) is 2.72. The molecule has 1 heterocycles. The van der Waals surface area contributed by atoms with Crippen LogP contribution in [0.15, 0.2) is 18.2 Å². The Balaban J connectivity index is 1.96. The van der Waals surface area contributed by atoms with Gasteiger partial charge >= 0.3 is 0 Å². The SMILES string of the molecule is NC(=S)c1cc(F)ccc1N1CCC[C@H]2CCCC[C@H]21. The van der Waals surface area contributed by atoms with E-state index in [-0.39, 0.29) is 10.8 Å². The molecule has 2 atom stereocenters. The Morgan fingerprint density at radius 2 is 1.95 bits per heavy atom. The lowest BCUT2D eigenvalue weighted by atomic mass is 9.78. The summed E-state index contributed by atoms with van der Waals surface area (Å²) in [7, 11) is 0. The third-order valence-corrected chi connectivity index (χ3v) is 5.00. The van der Waals surface area contributed by atoms with Crippen molar-refractivity contribution in [1.82, 2.24) is 0 Å². The number of benzene rings is 1. The minimum Gasteiger partial charge on any atom is -0.389 e. The zero-order chi connectivity index (χ0) is 14.1. The fourth-order valence-corrected chi connectivity index (χ4v) is 4.04. The molecule has 2 fully saturated rings. The van der Waals surface area contributed by atoms with Crippen LogP contribution in [0.4, 0.5) is 10.1 Å². The highest BCUT2D eigenvalue weighted by Crippen LogP contribution is 2.38. The summed E-state index contributed by atoms with van der Waals surface area (Å²) >= 11 is 5.11. The maximum absolute atomic E-state index is 13.5. The Kier molecular flexibility index (Phi) is 3.92. The molecule has 1 aliphatic carbocycles. The van der Waals surface area contributed by atoms with Gasteiger partial charge in [0, 0.05) is 23.8 Å². The van der Waals surface area contributed by atoms with Gasteiger partial charge in [-0.3, -0.25) is 0 Å². The molecule has 108 valence electrons. The molecule has 2 N–H and O–H groups in total. The Labute approximate surface area is 125 Å². The molecular formula is C16H21FN2S. The highest BCUT2D eigenvalue weighted by Gasteiger charge is 2.34. The molecule has 0 bridgehead atoms. The normalized spacial score (nSPS) is 26.1. The molecule has 1 aliphatic heterocycles. The number of piperidine rings is 1. The number of halogens is 1. The Hall–Kier alpha value is -1.16. The average Bonchev–Trinajstić information content (AvgIpc) is 2.46. The van der Waals surface area contributed by atoms with Gasteiger partial charge in [0.05, 0.1) is 0 Å². The lowest BCUT2D eigenvalue weighted by Crippen LogP contribution is -2.47. The van der Waals surface area contributed by atoms with Crippen molar-refractivity contribution in [2.45, 2.75) is 44.6 Å². The molecule has 1 saturated heterocycles. The number of fused-ring (bicyclic) bond motifs is 1. The lowest BCUT2D eigenvalue weighted by molar-refractivity contribution is 0.244. The summed E-state index contributed by atoms with van der Waals surface area (Å²) < 4.78 is 13.5. The van der Waals surface area contributed by atoms with Gasteiger partial charge in [0.2, 0.25) is 0 Å². The maximum Gasteiger partial charge on any atom is 0.124 e. The van der Waals surface area contributed by atoms with Crippen LogP contribution in [0.1, 0.15) is 44.1 Å². The monoisotopic (exact) mass is 292 g/mol. The van der Waals surface area contributed by atoms with Crippen LogP contribution in [0.2, 0.25) is 0 Å². The van der Waals surface area contributed by atoms with Crippen molar-refractivity contribution in [3.05, 3.63) is 29.6 Å². The van der Waals surface area contributed by atoms with Crippen molar-refractivity contribution < 1.29 is 4.39 Å². The predicted molar refractivity (Wildman–Crippen MR) is 84.6 cm³/mol. The Morgan fingerprint density at radius 1 is 1.20 bits per heavy atom. The molecule has 0 aromatic heterocycles. The van der Waals surface area contributed by atoms with Gasteiger partial charge < -0.3 is 10.6 Å². The van der Waals surface area contributed by atoms with Crippen LogP contribution in [-0.4, -0.2) is 17.6 Å². The van der Waals surface area contributed by atoms with Gasteiger partial charge in [-0.15, -0.1) is 0 Å². The molecule has 0 unspecified atom stereocenters. The third-order valence-electron chi connectivity index (χ3n) is 4.78. The Morgan fingerprint density at radius 3 is 2.75 bits per heavy atom. The van der Waals surface area contributed by atoms with E-state index in [1.807, 2.05) is 6.07 Å². The number of anilines is 1. The number of hydrogen-bond donors (Lipinski definition) is 1.